The third kappa shape index (κ3) is 6.87. The highest BCUT2D eigenvalue weighted by Gasteiger charge is 2.05. The maximum absolute atomic E-state index is 11.9. The Balaban J connectivity index is 1.89. The van der Waals surface area contributed by atoms with Crippen LogP contribution in [0.25, 0.3) is 6.08 Å². The number of ether oxygens (including phenoxy) is 1. The fourth-order valence-electron chi connectivity index (χ4n) is 2.12. The van der Waals surface area contributed by atoms with Crippen LogP contribution in [-0.2, 0) is 4.79 Å². The summed E-state index contributed by atoms with van der Waals surface area (Å²) in [4.78, 5) is 22.2. The van der Waals surface area contributed by atoms with Crippen molar-refractivity contribution >= 4 is 40.7 Å². The van der Waals surface area contributed by atoms with Gasteiger partial charge in [-0.25, -0.2) is 0 Å². The van der Waals surface area contributed by atoms with Crippen LogP contribution in [0.15, 0.2) is 54.6 Å². The maximum Gasteiger partial charge on any atom is 0.270 e. The average Bonchev–Trinajstić information content (AvgIpc) is 2.61. The van der Waals surface area contributed by atoms with E-state index >= 15 is 0 Å². The second-order valence-electron chi connectivity index (χ2n) is 5.82. The number of rotatable bonds is 6. The number of carbonyl (C=O) groups excluding carboxylic acids is 1. The molecule has 27 heavy (non-hydrogen) atoms. The van der Waals surface area contributed by atoms with Crippen LogP contribution in [0, 0.1) is 10.1 Å². The Bertz CT molecular complexity index is 864. The van der Waals surface area contributed by atoms with E-state index < -0.39 is 10.8 Å². The molecule has 0 aliphatic heterocycles. The van der Waals surface area contributed by atoms with Gasteiger partial charge in [-0.05, 0) is 62.0 Å². The van der Waals surface area contributed by atoms with Gasteiger partial charge in [-0.15, -0.1) is 0 Å². The molecule has 0 unspecified atom stereocenters. The number of nitro groups is 1. The summed E-state index contributed by atoms with van der Waals surface area (Å²) in [6.07, 6.45) is 2.82. The van der Waals surface area contributed by atoms with Crippen molar-refractivity contribution in [3.8, 4) is 5.75 Å². The molecule has 0 aliphatic rings. The molecule has 140 valence electrons. The van der Waals surface area contributed by atoms with Crippen LogP contribution in [-0.4, -0.2) is 22.0 Å². The molecule has 0 heterocycles. The van der Waals surface area contributed by atoms with Crippen LogP contribution in [0.1, 0.15) is 19.4 Å². The molecular weight excluding hydrogens is 366 g/mol. The highest BCUT2D eigenvalue weighted by Crippen LogP contribution is 2.17. The molecule has 0 saturated carbocycles. The van der Waals surface area contributed by atoms with Gasteiger partial charge in [-0.2, -0.15) is 0 Å². The average molecular weight is 385 g/mol. The molecule has 0 radical (unpaired) electrons. The summed E-state index contributed by atoms with van der Waals surface area (Å²) in [6, 6.07) is 13.1. The Morgan fingerprint density at radius 2 is 1.93 bits per heavy atom. The van der Waals surface area contributed by atoms with E-state index in [-0.39, 0.29) is 16.9 Å². The molecule has 0 fully saturated rings. The number of nitro benzene ring substituents is 1. The van der Waals surface area contributed by atoms with Gasteiger partial charge >= 0.3 is 0 Å². The van der Waals surface area contributed by atoms with Crippen LogP contribution in [0.2, 0.25) is 0 Å². The summed E-state index contributed by atoms with van der Waals surface area (Å²) in [5, 5.41) is 16.3. The van der Waals surface area contributed by atoms with Gasteiger partial charge in [0.05, 0.1) is 11.0 Å². The smallest absolute Gasteiger partial charge is 0.270 e. The van der Waals surface area contributed by atoms with Gasteiger partial charge in [0.15, 0.2) is 5.11 Å². The van der Waals surface area contributed by atoms with E-state index in [0.29, 0.717) is 11.3 Å². The second-order valence-corrected chi connectivity index (χ2v) is 6.23. The lowest BCUT2D eigenvalue weighted by atomic mass is 10.2. The van der Waals surface area contributed by atoms with Gasteiger partial charge in [-0.3, -0.25) is 20.2 Å². The summed E-state index contributed by atoms with van der Waals surface area (Å²) in [5.41, 5.74) is 1.21. The van der Waals surface area contributed by atoms with Crippen molar-refractivity contribution in [3.63, 3.8) is 0 Å². The molecule has 7 nitrogen and oxygen atoms in total. The first kappa shape index (κ1) is 20.1. The molecule has 8 heteroatoms. The number of hydrogen-bond acceptors (Lipinski definition) is 5. The predicted molar refractivity (Wildman–Crippen MR) is 109 cm³/mol. The molecule has 0 bridgehead atoms. The minimum absolute atomic E-state index is 0.0420. The van der Waals surface area contributed by atoms with Gasteiger partial charge in [0, 0.05) is 23.9 Å². The van der Waals surface area contributed by atoms with E-state index in [4.69, 9.17) is 17.0 Å². The van der Waals surface area contributed by atoms with Crippen LogP contribution >= 0.6 is 12.2 Å². The maximum atomic E-state index is 11.9. The van der Waals surface area contributed by atoms with E-state index in [0.717, 1.165) is 5.75 Å². The minimum atomic E-state index is -0.492. The number of nitrogens with zero attached hydrogens (tertiary/aromatic N) is 1. The first-order valence-corrected chi connectivity index (χ1v) is 8.55. The van der Waals surface area contributed by atoms with Crippen molar-refractivity contribution in [2.24, 2.45) is 0 Å². The molecule has 2 rings (SSSR count). The zero-order chi connectivity index (χ0) is 19.8. The van der Waals surface area contributed by atoms with Crippen molar-refractivity contribution in [1.29, 1.82) is 0 Å². The molecular formula is C19H19N3O4S. The van der Waals surface area contributed by atoms with Crippen molar-refractivity contribution in [2.45, 2.75) is 20.0 Å². The molecule has 0 aliphatic carbocycles. The van der Waals surface area contributed by atoms with E-state index in [2.05, 4.69) is 10.6 Å². The standard InChI is InChI=1S/C19H19N3O4S/c1-13(2)26-17-9-7-15(8-10-17)20-19(27)21-18(23)11-6-14-4-3-5-16(12-14)22(24)25/h3-13H,1-2H3,(H2,20,21,23,27)/b11-6+. The first-order valence-electron chi connectivity index (χ1n) is 8.14. The summed E-state index contributed by atoms with van der Waals surface area (Å²) in [5.74, 6) is 0.296. The molecule has 0 aromatic heterocycles. The zero-order valence-electron chi connectivity index (χ0n) is 14.8. The minimum Gasteiger partial charge on any atom is -0.491 e. The molecule has 1 amide bonds. The van der Waals surface area contributed by atoms with E-state index in [1.165, 1.54) is 24.3 Å². The third-order valence-electron chi connectivity index (χ3n) is 3.23. The third-order valence-corrected chi connectivity index (χ3v) is 3.43. The molecule has 2 aromatic rings. The van der Waals surface area contributed by atoms with E-state index in [1.54, 1.807) is 36.4 Å². The largest absolute Gasteiger partial charge is 0.491 e. The van der Waals surface area contributed by atoms with Gasteiger partial charge in [0.2, 0.25) is 5.91 Å². The van der Waals surface area contributed by atoms with Gasteiger partial charge < -0.3 is 10.1 Å². The number of nitrogens with one attached hydrogen (secondary N) is 2. The number of thiocarbonyl (C=S) groups is 1. The first-order chi connectivity index (χ1) is 12.8. The Labute approximate surface area is 162 Å². The molecule has 0 saturated heterocycles. The lowest BCUT2D eigenvalue weighted by molar-refractivity contribution is -0.384. The molecule has 0 atom stereocenters. The Hall–Kier alpha value is -3.26. The Morgan fingerprint density at radius 1 is 1.22 bits per heavy atom. The van der Waals surface area contributed by atoms with Crippen molar-refractivity contribution in [2.75, 3.05) is 5.32 Å². The predicted octanol–water partition coefficient (Wildman–Crippen LogP) is 3.91. The zero-order valence-corrected chi connectivity index (χ0v) is 15.7. The molecule has 2 N–H and O–H groups in total. The Morgan fingerprint density at radius 3 is 2.56 bits per heavy atom. The second kappa shape index (κ2) is 9.44. The van der Waals surface area contributed by atoms with Crippen LogP contribution in [0.5, 0.6) is 5.75 Å². The lowest BCUT2D eigenvalue weighted by Gasteiger charge is -2.11. The van der Waals surface area contributed by atoms with Gasteiger partial charge in [0.25, 0.3) is 5.69 Å². The Kier molecular flexibility index (Phi) is 7.01. The van der Waals surface area contributed by atoms with E-state index in [9.17, 15) is 14.9 Å². The fraction of sp³-hybridized carbons (Fsp3) is 0.158. The van der Waals surface area contributed by atoms with Crippen LogP contribution < -0.4 is 15.4 Å². The normalized spacial score (nSPS) is 10.6. The highest BCUT2D eigenvalue weighted by molar-refractivity contribution is 7.80. The monoisotopic (exact) mass is 385 g/mol. The molecule has 2 aromatic carbocycles. The van der Waals surface area contributed by atoms with Gasteiger partial charge in [-0.1, -0.05) is 12.1 Å². The van der Waals surface area contributed by atoms with Crippen molar-refractivity contribution in [3.05, 3.63) is 70.3 Å². The van der Waals surface area contributed by atoms with Gasteiger partial charge in [0.1, 0.15) is 5.75 Å². The number of benzene rings is 2. The number of hydrogen-bond donors (Lipinski definition) is 2. The summed E-state index contributed by atoms with van der Waals surface area (Å²) >= 11 is 5.10. The quantitative estimate of drug-likeness (QED) is 0.339. The number of amides is 1. The van der Waals surface area contributed by atoms with Crippen molar-refractivity contribution in [1.82, 2.24) is 5.32 Å². The highest BCUT2D eigenvalue weighted by atomic mass is 32.1. The topological polar surface area (TPSA) is 93.5 Å². The summed E-state index contributed by atoms with van der Waals surface area (Å²) in [7, 11) is 0. The fourth-order valence-corrected chi connectivity index (χ4v) is 2.34. The summed E-state index contributed by atoms with van der Waals surface area (Å²) < 4.78 is 5.55. The summed E-state index contributed by atoms with van der Waals surface area (Å²) in [6.45, 7) is 3.88. The lowest BCUT2D eigenvalue weighted by Crippen LogP contribution is -2.32. The van der Waals surface area contributed by atoms with Crippen LogP contribution in [0.4, 0.5) is 11.4 Å². The van der Waals surface area contributed by atoms with Crippen LogP contribution in [0.3, 0.4) is 0 Å². The number of non-ortho nitro benzene ring substituents is 1. The number of anilines is 1. The number of carbonyl (C=O) groups is 1. The SMILES string of the molecule is CC(C)Oc1ccc(NC(=S)NC(=O)/C=C/c2cccc([N+](=O)[O-])c2)cc1. The van der Waals surface area contributed by atoms with E-state index in [1.807, 2.05) is 13.8 Å². The molecule has 0 spiro atoms. The van der Waals surface area contributed by atoms with Crippen molar-refractivity contribution < 1.29 is 14.5 Å².